The molecule has 1 aliphatic rings. The molecule has 0 aromatic heterocycles. The zero-order chi connectivity index (χ0) is 16.4. The second kappa shape index (κ2) is 5.57. The van der Waals surface area contributed by atoms with E-state index >= 15 is 0 Å². The number of carbonyl (C=O) groups is 3. The van der Waals surface area contributed by atoms with Crippen LogP contribution >= 0.6 is 0 Å². The average Bonchev–Trinajstić information content (AvgIpc) is 2.54. The van der Waals surface area contributed by atoms with E-state index in [1.807, 2.05) is 53.1 Å². The molecule has 0 atom stereocenters. The molecule has 0 saturated carbocycles. The number of hydrogen-bond donors (Lipinski definition) is 2. The average molecular weight is 310 g/mol. The van der Waals surface area contributed by atoms with Crippen LogP contribution in [-0.2, 0) is 9.59 Å². The predicted octanol–water partition coefficient (Wildman–Crippen LogP) is 1.86. The van der Waals surface area contributed by atoms with Gasteiger partial charge in [-0.3, -0.25) is 20.2 Å². The third-order valence-corrected chi connectivity index (χ3v) is 3.60. The van der Waals surface area contributed by atoms with Crippen LogP contribution in [0.3, 0.4) is 0 Å². The summed E-state index contributed by atoms with van der Waals surface area (Å²) in [7, 11) is 0. The summed E-state index contributed by atoms with van der Waals surface area (Å²) in [6.45, 7) is 1.31. The first-order chi connectivity index (χ1) is 11.0. The van der Waals surface area contributed by atoms with Crippen molar-refractivity contribution in [3.63, 3.8) is 0 Å². The standard InChI is InChI=1S/C17H14N2O4/c1-17(14(20)18-16(22)19-15(17)21)23-13-9-7-12(8-10-13)11-5-3-2-4-6-11/h2-10H,1H3,(H2,18,19,20,21,22). The van der Waals surface area contributed by atoms with Crippen molar-refractivity contribution >= 4 is 17.8 Å². The molecule has 1 aliphatic heterocycles. The van der Waals surface area contributed by atoms with Gasteiger partial charge < -0.3 is 4.74 Å². The number of urea groups is 1. The fourth-order valence-electron chi connectivity index (χ4n) is 2.25. The van der Waals surface area contributed by atoms with Crippen molar-refractivity contribution in [3.8, 4) is 16.9 Å². The molecule has 2 N–H and O–H groups in total. The monoisotopic (exact) mass is 310 g/mol. The maximum atomic E-state index is 11.9. The van der Waals surface area contributed by atoms with Gasteiger partial charge in [-0.1, -0.05) is 42.5 Å². The number of nitrogens with one attached hydrogen (secondary N) is 2. The fourth-order valence-corrected chi connectivity index (χ4v) is 2.25. The first-order valence-electron chi connectivity index (χ1n) is 7.00. The van der Waals surface area contributed by atoms with Crippen LogP contribution < -0.4 is 15.4 Å². The number of carbonyl (C=O) groups excluding carboxylic acids is 3. The second-order valence-corrected chi connectivity index (χ2v) is 5.26. The Labute approximate surface area is 132 Å². The van der Waals surface area contributed by atoms with Gasteiger partial charge in [-0.05, 0) is 30.2 Å². The van der Waals surface area contributed by atoms with Gasteiger partial charge in [0.2, 0.25) is 0 Å². The van der Waals surface area contributed by atoms with E-state index in [4.69, 9.17) is 4.74 Å². The summed E-state index contributed by atoms with van der Waals surface area (Å²) in [5, 5.41) is 4.05. The highest BCUT2D eigenvalue weighted by atomic mass is 16.5. The minimum atomic E-state index is -1.79. The van der Waals surface area contributed by atoms with E-state index in [0.717, 1.165) is 11.1 Å². The lowest BCUT2D eigenvalue weighted by Gasteiger charge is -2.30. The molecule has 1 fully saturated rings. The minimum absolute atomic E-state index is 0.354. The van der Waals surface area contributed by atoms with Gasteiger partial charge in [-0.2, -0.15) is 0 Å². The molecule has 6 nitrogen and oxygen atoms in total. The number of amides is 4. The smallest absolute Gasteiger partial charge is 0.328 e. The maximum absolute atomic E-state index is 11.9. The van der Waals surface area contributed by atoms with E-state index in [2.05, 4.69) is 0 Å². The summed E-state index contributed by atoms with van der Waals surface area (Å²) in [5.41, 5.74) is 0.238. The van der Waals surface area contributed by atoms with Crippen molar-refractivity contribution in [2.75, 3.05) is 0 Å². The topological polar surface area (TPSA) is 84.5 Å². The molecule has 0 radical (unpaired) electrons. The first kappa shape index (κ1) is 14.8. The Morgan fingerprint density at radius 3 is 1.87 bits per heavy atom. The summed E-state index contributed by atoms with van der Waals surface area (Å²) >= 11 is 0. The van der Waals surface area contributed by atoms with Crippen LogP contribution in [0.4, 0.5) is 4.79 Å². The van der Waals surface area contributed by atoms with E-state index in [0.29, 0.717) is 5.75 Å². The molecule has 0 bridgehead atoms. The first-order valence-corrected chi connectivity index (χ1v) is 7.00. The van der Waals surface area contributed by atoms with Crippen molar-refractivity contribution in [1.29, 1.82) is 0 Å². The molecular weight excluding hydrogens is 296 g/mol. The zero-order valence-corrected chi connectivity index (χ0v) is 12.3. The van der Waals surface area contributed by atoms with Crippen molar-refractivity contribution in [2.24, 2.45) is 0 Å². The van der Waals surface area contributed by atoms with Gasteiger partial charge >= 0.3 is 6.03 Å². The molecule has 116 valence electrons. The fraction of sp³-hybridized carbons (Fsp3) is 0.118. The van der Waals surface area contributed by atoms with E-state index in [-0.39, 0.29) is 0 Å². The lowest BCUT2D eigenvalue weighted by Crippen LogP contribution is -2.67. The predicted molar refractivity (Wildman–Crippen MR) is 82.6 cm³/mol. The van der Waals surface area contributed by atoms with Crippen LogP contribution in [-0.4, -0.2) is 23.4 Å². The van der Waals surface area contributed by atoms with Crippen molar-refractivity contribution in [3.05, 3.63) is 54.6 Å². The highest BCUT2D eigenvalue weighted by molar-refractivity contribution is 6.21. The molecule has 1 heterocycles. The van der Waals surface area contributed by atoms with Crippen LogP contribution in [0, 0.1) is 0 Å². The number of ether oxygens (including phenoxy) is 1. The lowest BCUT2D eigenvalue weighted by molar-refractivity contribution is -0.149. The van der Waals surface area contributed by atoms with E-state index in [1.54, 1.807) is 12.1 Å². The van der Waals surface area contributed by atoms with Crippen LogP contribution in [0.15, 0.2) is 54.6 Å². The van der Waals surface area contributed by atoms with E-state index < -0.39 is 23.4 Å². The molecule has 4 amide bonds. The molecule has 0 aliphatic carbocycles. The summed E-state index contributed by atoms with van der Waals surface area (Å²) in [6.07, 6.45) is 0. The molecule has 1 saturated heterocycles. The number of rotatable bonds is 3. The Balaban J connectivity index is 1.82. The molecule has 2 aromatic rings. The minimum Gasteiger partial charge on any atom is -0.468 e. The van der Waals surface area contributed by atoms with Crippen molar-refractivity contribution in [2.45, 2.75) is 12.5 Å². The van der Waals surface area contributed by atoms with Crippen LogP contribution in [0.5, 0.6) is 5.75 Å². The largest absolute Gasteiger partial charge is 0.468 e. The normalized spacial score (nSPS) is 16.5. The summed E-state index contributed by atoms with van der Waals surface area (Å²) in [6, 6.07) is 15.9. The van der Waals surface area contributed by atoms with Gasteiger partial charge in [-0.15, -0.1) is 0 Å². The molecule has 3 rings (SSSR count). The number of hydrogen-bond acceptors (Lipinski definition) is 4. The summed E-state index contributed by atoms with van der Waals surface area (Å²) in [5.74, 6) is -1.23. The maximum Gasteiger partial charge on any atom is 0.328 e. The Bertz CT molecular complexity index is 749. The van der Waals surface area contributed by atoms with Crippen molar-refractivity contribution < 1.29 is 19.1 Å². The zero-order valence-electron chi connectivity index (χ0n) is 12.3. The Kier molecular flexibility index (Phi) is 3.57. The SMILES string of the molecule is CC1(Oc2ccc(-c3ccccc3)cc2)C(=O)NC(=O)NC1=O. The van der Waals surface area contributed by atoms with Crippen LogP contribution in [0.25, 0.3) is 11.1 Å². The highest BCUT2D eigenvalue weighted by Gasteiger charge is 2.48. The molecule has 0 spiro atoms. The van der Waals surface area contributed by atoms with Crippen molar-refractivity contribution in [1.82, 2.24) is 10.6 Å². The third-order valence-electron chi connectivity index (χ3n) is 3.60. The second-order valence-electron chi connectivity index (χ2n) is 5.26. The van der Waals surface area contributed by atoms with E-state index in [9.17, 15) is 14.4 Å². The summed E-state index contributed by atoms with van der Waals surface area (Å²) < 4.78 is 5.53. The number of imide groups is 2. The quantitative estimate of drug-likeness (QED) is 0.847. The van der Waals surface area contributed by atoms with E-state index in [1.165, 1.54) is 6.92 Å². The van der Waals surface area contributed by atoms with Gasteiger partial charge in [0.15, 0.2) is 0 Å². The van der Waals surface area contributed by atoms with Gasteiger partial charge in [0, 0.05) is 0 Å². The van der Waals surface area contributed by atoms with Gasteiger partial charge in [-0.25, -0.2) is 4.79 Å². The Morgan fingerprint density at radius 1 is 0.783 bits per heavy atom. The summed E-state index contributed by atoms with van der Waals surface area (Å²) in [4.78, 5) is 34.9. The Morgan fingerprint density at radius 2 is 1.30 bits per heavy atom. The molecule has 23 heavy (non-hydrogen) atoms. The number of barbiturate groups is 1. The lowest BCUT2D eigenvalue weighted by atomic mass is 10.0. The van der Waals surface area contributed by atoms with Gasteiger partial charge in [0.05, 0.1) is 0 Å². The third kappa shape index (κ3) is 2.78. The van der Waals surface area contributed by atoms with Crippen LogP contribution in [0.1, 0.15) is 6.92 Å². The molecular formula is C17H14N2O4. The highest BCUT2D eigenvalue weighted by Crippen LogP contribution is 2.25. The van der Waals surface area contributed by atoms with Gasteiger partial charge in [0.25, 0.3) is 17.4 Å². The molecule has 6 heteroatoms. The Hall–Kier alpha value is -3.15. The van der Waals surface area contributed by atoms with Gasteiger partial charge in [0.1, 0.15) is 5.75 Å². The number of benzene rings is 2. The molecule has 0 unspecified atom stereocenters. The van der Waals surface area contributed by atoms with Crippen LogP contribution in [0.2, 0.25) is 0 Å². The molecule has 2 aromatic carbocycles.